The molecular formula is C8H9N5. The van der Waals surface area contributed by atoms with Crippen LogP contribution in [0, 0.1) is 0 Å². The van der Waals surface area contributed by atoms with E-state index in [4.69, 9.17) is 5.73 Å². The molecule has 0 aliphatic carbocycles. The molecule has 0 bridgehead atoms. The first-order valence-corrected chi connectivity index (χ1v) is 3.91. The Balaban J connectivity index is 2.33. The third-order valence-corrected chi connectivity index (χ3v) is 1.64. The Hall–Kier alpha value is -1.75. The average Bonchev–Trinajstić information content (AvgIpc) is 2.71. The number of nitrogens with zero attached hydrogens (tertiary/aromatic N) is 4. The third-order valence-electron chi connectivity index (χ3n) is 1.64. The second-order valence-electron chi connectivity index (χ2n) is 2.55. The number of aromatic nitrogens is 4. The summed E-state index contributed by atoms with van der Waals surface area (Å²) in [5.74, 6) is 0.558. The standard InChI is InChI=1S/C8H9N5/c9-4-7-5-10-8(11-6-7)13-3-1-2-12-13/h1-3,5-6H,4,9H2. The zero-order valence-corrected chi connectivity index (χ0v) is 6.96. The summed E-state index contributed by atoms with van der Waals surface area (Å²) < 4.78 is 1.60. The van der Waals surface area contributed by atoms with Gasteiger partial charge in [-0.1, -0.05) is 0 Å². The molecule has 0 saturated heterocycles. The van der Waals surface area contributed by atoms with E-state index in [0.29, 0.717) is 12.5 Å². The Bertz CT molecular complexity index is 364. The van der Waals surface area contributed by atoms with Crippen LogP contribution in [0.1, 0.15) is 5.56 Å². The molecule has 0 saturated carbocycles. The maximum absolute atomic E-state index is 5.42. The molecule has 5 heteroatoms. The Morgan fingerprint density at radius 2 is 2.08 bits per heavy atom. The highest BCUT2D eigenvalue weighted by molar-refractivity contribution is 5.13. The van der Waals surface area contributed by atoms with Gasteiger partial charge < -0.3 is 5.73 Å². The SMILES string of the molecule is NCc1cnc(-n2cccn2)nc1. The van der Waals surface area contributed by atoms with Gasteiger partial charge in [0.25, 0.3) is 0 Å². The second-order valence-corrected chi connectivity index (χ2v) is 2.55. The van der Waals surface area contributed by atoms with Gasteiger partial charge in [0, 0.05) is 36.9 Å². The lowest BCUT2D eigenvalue weighted by molar-refractivity contribution is 0.801. The largest absolute Gasteiger partial charge is 0.326 e. The van der Waals surface area contributed by atoms with E-state index < -0.39 is 0 Å². The van der Waals surface area contributed by atoms with Crippen LogP contribution in [-0.4, -0.2) is 19.7 Å². The Morgan fingerprint density at radius 3 is 2.62 bits per heavy atom. The molecule has 2 aromatic heterocycles. The third kappa shape index (κ3) is 1.54. The van der Waals surface area contributed by atoms with Gasteiger partial charge in [0.1, 0.15) is 0 Å². The quantitative estimate of drug-likeness (QED) is 0.703. The minimum absolute atomic E-state index is 0.458. The molecule has 2 rings (SSSR count). The summed E-state index contributed by atoms with van der Waals surface area (Å²) in [6.45, 7) is 0.458. The maximum atomic E-state index is 5.42. The first-order valence-electron chi connectivity index (χ1n) is 3.91. The topological polar surface area (TPSA) is 69.6 Å². The van der Waals surface area contributed by atoms with Crippen molar-refractivity contribution in [2.75, 3.05) is 0 Å². The van der Waals surface area contributed by atoms with E-state index in [1.807, 2.05) is 6.07 Å². The summed E-state index contributed by atoms with van der Waals surface area (Å²) >= 11 is 0. The van der Waals surface area contributed by atoms with E-state index in [1.165, 1.54) is 0 Å². The molecule has 0 radical (unpaired) electrons. The molecule has 0 atom stereocenters. The molecule has 0 spiro atoms. The van der Waals surface area contributed by atoms with Crippen LogP contribution in [0.2, 0.25) is 0 Å². The Kier molecular flexibility index (Phi) is 2.01. The Labute approximate surface area is 75.2 Å². The van der Waals surface area contributed by atoms with E-state index >= 15 is 0 Å². The van der Waals surface area contributed by atoms with Crippen molar-refractivity contribution in [3.8, 4) is 5.95 Å². The van der Waals surface area contributed by atoms with Crippen LogP contribution in [-0.2, 0) is 6.54 Å². The molecule has 0 unspecified atom stereocenters. The smallest absolute Gasteiger partial charge is 0.250 e. The van der Waals surface area contributed by atoms with Crippen LogP contribution in [0.25, 0.3) is 5.95 Å². The van der Waals surface area contributed by atoms with E-state index in [9.17, 15) is 0 Å². The number of hydrogen-bond acceptors (Lipinski definition) is 4. The summed E-state index contributed by atoms with van der Waals surface area (Å²) in [6.07, 6.45) is 6.87. The zero-order valence-electron chi connectivity index (χ0n) is 6.96. The van der Waals surface area contributed by atoms with Gasteiger partial charge in [0.05, 0.1) is 0 Å². The lowest BCUT2D eigenvalue weighted by Crippen LogP contribution is -2.04. The van der Waals surface area contributed by atoms with Crippen molar-refractivity contribution < 1.29 is 0 Å². The van der Waals surface area contributed by atoms with Crippen molar-refractivity contribution in [3.63, 3.8) is 0 Å². The predicted octanol–water partition coefficient (Wildman–Crippen LogP) is 0.121. The molecule has 0 fully saturated rings. The second kappa shape index (κ2) is 3.32. The van der Waals surface area contributed by atoms with Crippen LogP contribution < -0.4 is 5.73 Å². The van der Waals surface area contributed by atoms with Crippen molar-refractivity contribution in [2.45, 2.75) is 6.54 Å². The highest BCUT2D eigenvalue weighted by Crippen LogP contribution is 1.98. The van der Waals surface area contributed by atoms with E-state index in [1.54, 1.807) is 29.5 Å². The van der Waals surface area contributed by atoms with Gasteiger partial charge >= 0.3 is 0 Å². The first kappa shape index (κ1) is 7.88. The van der Waals surface area contributed by atoms with Gasteiger partial charge in [-0.05, 0) is 6.07 Å². The van der Waals surface area contributed by atoms with Gasteiger partial charge in [-0.15, -0.1) is 0 Å². The van der Waals surface area contributed by atoms with Gasteiger partial charge in [0.2, 0.25) is 5.95 Å². The van der Waals surface area contributed by atoms with Gasteiger partial charge in [-0.2, -0.15) is 5.10 Å². The van der Waals surface area contributed by atoms with Crippen LogP contribution in [0.3, 0.4) is 0 Å². The van der Waals surface area contributed by atoms with E-state index in [-0.39, 0.29) is 0 Å². The molecule has 2 aromatic rings. The van der Waals surface area contributed by atoms with Crippen molar-refractivity contribution >= 4 is 0 Å². The molecule has 66 valence electrons. The first-order chi connectivity index (χ1) is 6.40. The van der Waals surface area contributed by atoms with Crippen LogP contribution >= 0.6 is 0 Å². The maximum Gasteiger partial charge on any atom is 0.250 e. The van der Waals surface area contributed by atoms with Crippen molar-refractivity contribution in [3.05, 3.63) is 36.4 Å². The average molecular weight is 175 g/mol. The molecule has 2 heterocycles. The molecular weight excluding hydrogens is 166 g/mol. The predicted molar refractivity (Wildman–Crippen MR) is 47.0 cm³/mol. The molecule has 13 heavy (non-hydrogen) atoms. The highest BCUT2D eigenvalue weighted by Gasteiger charge is 1.98. The lowest BCUT2D eigenvalue weighted by Gasteiger charge is -1.99. The number of nitrogens with two attached hydrogens (primary N) is 1. The normalized spacial score (nSPS) is 10.2. The molecule has 0 aliphatic heterocycles. The molecule has 0 aliphatic rings. The molecule has 0 amide bonds. The van der Waals surface area contributed by atoms with Gasteiger partial charge in [-0.25, -0.2) is 14.6 Å². The monoisotopic (exact) mass is 175 g/mol. The van der Waals surface area contributed by atoms with Gasteiger partial charge in [0.15, 0.2) is 0 Å². The lowest BCUT2D eigenvalue weighted by atomic mass is 10.3. The fraction of sp³-hybridized carbons (Fsp3) is 0.125. The number of rotatable bonds is 2. The zero-order chi connectivity index (χ0) is 9.10. The highest BCUT2D eigenvalue weighted by atomic mass is 15.3. The van der Waals surface area contributed by atoms with Gasteiger partial charge in [-0.3, -0.25) is 0 Å². The van der Waals surface area contributed by atoms with Crippen molar-refractivity contribution in [1.82, 2.24) is 19.7 Å². The van der Waals surface area contributed by atoms with Crippen LogP contribution in [0.4, 0.5) is 0 Å². The van der Waals surface area contributed by atoms with Crippen molar-refractivity contribution in [1.29, 1.82) is 0 Å². The fourth-order valence-electron chi connectivity index (χ4n) is 0.959. The number of hydrogen-bond donors (Lipinski definition) is 1. The van der Waals surface area contributed by atoms with E-state index in [0.717, 1.165) is 5.56 Å². The summed E-state index contributed by atoms with van der Waals surface area (Å²) in [5, 5.41) is 4.00. The molecule has 0 aromatic carbocycles. The van der Waals surface area contributed by atoms with Crippen LogP contribution in [0.15, 0.2) is 30.9 Å². The summed E-state index contributed by atoms with van der Waals surface area (Å²) in [7, 11) is 0. The van der Waals surface area contributed by atoms with E-state index in [2.05, 4.69) is 15.1 Å². The minimum Gasteiger partial charge on any atom is -0.326 e. The summed E-state index contributed by atoms with van der Waals surface area (Å²) in [5.41, 5.74) is 6.33. The Morgan fingerprint density at radius 1 is 1.31 bits per heavy atom. The van der Waals surface area contributed by atoms with Crippen molar-refractivity contribution in [2.24, 2.45) is 5.73 Å². The summed E-state index contributed by atoms with van der Waals surface area (Å²) in [4.78, 5) is 8.20. The molecule has 5 nitrogen and oxygen atoms in total. The van der Waals surface area contributed by atoms with Crippen LogP contribution in [0.5, 0.6) is 0 Å². The minimum atomic E-state index is 0.458. The summed E-state index contributed by atoms with van der Waals surface area (Å²) in [6, 6.07) is 1.82. The molecule has 2 N–H and O–H groups in total. The fourth-order valence-corrected chi connectivity index (χ4v) is 0.959.